The van der Waals surface area contributed by atoms with Crippen molar-refractivity contribution in [2.75, 3.05) is 11.1 Å². The molecule has 8 nitrogen and oxygen atoms in total. The van der Waals surface area contributed by atoms with Crippen LogP contribution in [0.15, 0.2) is 38.3 Å². The van der Waals surface area contributed by atoms with Crippen LogP contribution >= 0.6 is 11.8 Å². The Morgan fingerprint density at radius 3 is 2.69 bits per heavy atom. The van der Waals surface area contributed by atoms with Gasteiger partial charge in [-0.25, -0.2) is 0 Å². The second kappa shape index (κ2) is 7.33. The van der Waals surface area contributed by atoms with E-state index in [4.69, 9.17) is 14.1 Å². The predicted molar refractivity (Wildman–Crippen MR) is 93.6 cm³/mol. The number of aryl methyl sites for hydroxylation is 1. The molecule has 3 aromatic rings. The number of nitrogens with zero attached hydrogens (tertiary/aromatic N) is 3. The molecular formula is C17H14N4O4S. The lowest BCUT2D eigenvalue weighted by molar-refractivity contribution is -0.113. The Balaban J connectivity index is 1.61. The summed E-state index contributed by atoms with van der Waals surface area (Å²) in [6.07, 6.45) is 0. The van der Waals surface area contributed by atoms with Crippen LogP contribution in [0.1, 0.15) is 16.9 Å². The van der Waals surface area contributed by atoms with E-state index in [-0.39, 0.29) is 34.4 Å². The van der Waals surface area contributed by atoms with Gasteiger partial charge >= 0.3 is 0 Å². The number of hydrogen-bond donors (Lipinski definition) is 2. The lowest BCUT2D eigenvalue weighted by Gasteiger charge is -2.00. The number of thioether (sulfide) groups is 1. The molecule has 0 bridgehead atoms. The summed E-state index contributed by atoms with van der Waals surface area (Å²) in [6.45, 7) is 3.48. The van der Waals surface area contributed by atoms with Crippen molar-refractivity contribution < 1.29 is 18.7 Å². The summed E-state index contributed by atoms with van der Waals surface area (Å²) in [7, 11) is 0. The first-order valence-electron chi connectivity index (χ1n) is 7.53. The number of aromatic hydroxyl groups is 1. The molecule has 26 heavy (non-hydrogen) atoms. The lowest BCUT2D eigenvalue weighted by atomic mass is 10.2. The van der Waals surface area contributed by atoms with Gasteiger partial charge in [-0.3, -0.25) is 10.1 Å². The van der Waals surface area contributed by atoms with Crippen LogP contribution in [0.5, 0.6) is 5.75 Å². The molecule has 0 unspecified atom stereocenters. The van der Waals surface area contributed by atoms with Crippen LogP contribution in [-0.4, -0.2) is 27.0 Å². The number of rotatable bonds is 5. The molecule has 2 aromatic heterocycles. The smallest absolute Gasteiger partial charge is 0.277 e. The quantitative estimate of drug-likeness (QED) is 0.656. The third-order valence-corrected chi connectivity index (χ3v) is 4.42. The van der Waals surface area contributed by atoms with Crippen LogP contribution < -0.4 is 5.32 Å². The number of benzene rings is 1. The average molecular weight is 370 g/mol. The van der Waals surface area contributed by atoms with Gasteiger partial charge in [0, 0.05) is 11.1 Å². The van der Waals surface area contributed by atoms with Crippen LogP contribution in [0.25, 0.3) is 11.5 Å². The second-order valence-corrected chi connectivity index (χ2v) is 6.28. The lowest BCUT2D eigenvalue weighted by Crippen LogP contribution is -2.14. The highest BCUT2D eigenvalue weighted by atomic mass is 32.2. The van der Waals surface area contributed by atoms with E-state index in [9.17, 15) is 9.90 Å². The van der Waals surface area contributed by atoms with Gasteiger partial charge < -0.3 is 13.9 Å². The Morgan fingerprint density at radius 1 is 1.27 bits per heavy atom. The Morgan fingerprint density at radius 2 is 2.00 bits per heavy atom. The molecular weight excluding hydrogens is 356 g/mol. The van der Waals surface area contributed by atoms with Crippen molar-refractivity contribution in [3.63, 3.8) is 0 Å². The number of hydrogen-bond acceptors (Lipinski definition) is 8. The highest BCUT2D eigenvalue weighted by molar-refractivity contribution is 7.99. The van der Waals surface area contributed by atoms with Gasteiger partial charge in [-0.1, -0.05) is 11.8 Å². The molecule has 132 valence electrons. The fourth-order valence-corrected chi connectivity index (χ4v) is 2.69. The number of anilines is 1. The largest absolute Gasteiger partial charge is 0.508 e. The van der Waals surface area contributed by atoms with E-state index in [1.165, 1.54) is 12.1 Å². The van der Waals surface area contributed by atoms with E-state index < -0.39 is 0 Å². The fourth-order valence-electron chi connectivity index (χ4n) is 2.13. The molecule has 1 amide bonds. The normalized spacial score (nSPS) is 10.5. The number of phenols is 1. The molecule has 2 N–H and O–H groups in total. The molecule has 0 spiro atoms. The van der Waals surface area contributed by atoms with E-state index in [2.05, 4.69) is 15.5 Å². The molecule has 2 heterocycles. The average Bonchev–Trinajstić information content (AvgIpc) is 3.19. The Kier molecular flexibility index (Phi) is 4.95. The molecule has 0 atom stereocenters. The predicted octanol–water partition coefficient (Wildman–Crippen LogP) is 3.25. The number of nitrogens with one attached hydrogen (secondary N) is 1. The summed E-state index contributed by atoms with van der Waals surface area (Å²) in [5, 5.41) is 29.0. The Hall–Kier alpha value is -3.25. The number of phenolic OH excluding ortho intramolecular Hbond substituents is 1. The number of carbonyl (C=O) groups is 1. The fraction of sp³-hybridized carbons (Fsp3) is 0.176. The topological polar surface area (TPSA) is 125 Å². The zero-order valence-electron chi connectivity index (χ0n) is 13.9. The molecule has 0 aliphatic heterocycles. The van der Waals surface area contributed by atoms with Gasteiger partial charge in [-0.2, -0.15) is 5.26 Å². The summed E-state index contributed by atoms with van der Waals surface area (Å²) < 4.78 is 10.9. The van der Waals surface area contributed by atoms with Crippen molar-refractivity contribution in [2.45, 2.75) is 19.1 Å². The van der Waals surface area contributed by atoms with Gasteiger partial charge in [0.2, 0.25) is 17.7 Å². The third-order valence-electron chi connectivity index (χ3n) is 3.60. The summed E-state index contributed by atoms with van der Waals surface area (Å²) in [5.41, 5.74) is 1.67. The number of furan rings is 1. The number of carbonyl (C=O) groups excluding carboxylic acids is 1. The van der Waals surface area contributed by atoms with E-state index in [1.807, 2.05) is 6.07 Å². The van der Waals surface area contributed by atoms with Gasteiger partial charge in [-0.15, -0.1) is 10.2 Å². The summed E-state index contributed by atoms with van der Waals surface area (Å²) >= 11 is 1.06. The van der Waals surface area contributed by atoms with Gasteiger partial charge in [-0.05, 0) is 38.1 Å². The Bertz CT molecular complexity index is 985. The maximum absolute atomic E-state index is 12.1. The number of nitriles is 1. The van der Waals surface area contributed by atoms with Crippen molar-refractivity contribution in [1.82, 2.24) is 10.2 Å². The van der Waals surface area contributed by atoms with Crippen LogP contribution in [0.4, 0.5) is 5.88 Å². The van der Waals surface area contributed by atoms with Gasteiger partial charge in [0.1, 0.15) is 23.1 Å². The van der Waals surface area contributed by atoms with Crippen molar-refractivity contribution in [3.05, 3.63) is 41.2 Å². The standard InChI is InChI=1S/C17H14N4O4S/c1-9-10(2)24-16(13(9)7-18)19-14(23)8-26-17-21-20-15(25-17)11-3-5-12(22)6-4-11/h3-6,22H,8H2,1-2H3,(H,19,23). The summed E-state index contributed by atoms with van der Waals surface area (Å²) in [6, 6.07) is 8.34. The third kappa shape index (κ3) is 3.70. The van der Waals surface area contributed by atoms with E-state index in [0.29, 0.717) is 22.5 Å². The minimum atomic E-state index is -0.357. The van der Waals surface area contributed by atoms with Crippen LogP contribution in [0, 0.1) is 25.2 Å². The minimum Gasteiger partial charge on any atom is -0.508 e. The van der Waals surface area contributed by atoms with Crippen LogP contribution in [0.3, 0.4) is 0 Å². The molecule has 0 saturated carbocycles. The number of aromatic nitrogens is 2. The van der Waals surface area contributed by atoms with Crippen LogP contribution in [0.2, 0.25) is 0 Å². The van der Waals surface area contributed by atoms with E-state index in [1.54, 1.807) is 26.0 Å². The zero-order valence-corrected chi connectivity index (χ0v) is 14.8. The molecule has 0 saturated heterocycles. The molecule has 3 rings (SSSR count). The summed E-state index contributed by atoms with van der Waals surface area (Å²) in [4.78, 5) is 12.1. The van der Waals surface area contributed by atoms with Crippen LogP contribution in [-0.2, 0) is 4.79 Å². The summed E-state index contributed by atoms with van der Waals surface area (Å²) in [5.74, 6) is 0.811. The molecule has 0 aliphatic carbocycles. The van der Waals surface area contributed by atoms with Crippen molar-refractivity contribution >= 4 is 23.6 Å². The van der Waals surface area contributed by atoms with Gasteiger partial charge in [0.15, 0.2) is 0 Å². The van der Waals surface area contributed by atoms with Gasteiger partial charge in [0.25, 0.3) is 5.22 Å². The second-order valence-electron chi connectivity index (χ2n) is 5.36. The first-order chi connectivity index (χ1) is 12.5. The molecule has 1 aromatic carbocycles. The van der Waals surface area contributed by atoms with Gasteiger partial charge in [0.05, 0.1) is 5.75 Å². The maximum atomic E-state index is 12.1. The molecule has 9 heteroatoms. The molecule has 0 aliphatic rings. The molecule has 0 fully saturated rings. The zero-order chi connectivity index (χ0) is 18.7. The van der Waals surface area contributed by atoms with Crippen molar-refractivity contribution in [3.8, 4) is 23.3 Å². The SMILES string of the molecule is Cc1oc(NC(=O)CSc2nnc(-c3ccc(O)cc3)o2)c(C#N)c1C. The minimum absolute atomic E-state index is 0.0148. The van der Waals surface area contributed by atoms with E-state index >= 15 is 0 Å². The molecule has 0 radical (unpaired) electrons. The first-order valence-corrected chi connectivity index (χ1v) is 8.52. The maximum Gasteiger partial charge on any atom is 0.277 e. The van der Waals surface area contributed by atoms with Crippen molar-refractivity contribution in [1.29, 1.82) is 5.26 Å². The van der Waals surface area contributed by atoms with E-state index in [0.717, 1.165) is 11.8 Å². The van der Waals surface area contributed by atoms with Crippen molar-refractivity contribution in [2.24, 2.45) is 0 Å². The first kappa shape index (κ1) is 17.6. The highest BCUT2D eigenvalue weighted by Gasteiger charge is 2.17. The monoisotopic (exact) mass is 370 g/mol. The Labute approximate surface area is 152 Å². The number of amides is 1. The highest BCUT2D eigenvalue weighted by Crippen LogP contribution is 2.27.